The van der Waals surface area contributed by atoms with Crippen LogP contribution in [0.1, 0.15) is 43.5 Å². The van der Waals surface area contributed by atoms with Gasteiger partial charge in [-0.2, -0.15) is 9.98 Å². The van der Waals surface area contributed by atoms with Crippen molar-refractivity contribution in [3.05, 3.63) is 41.7 Å². The Labute approximate surface area is 215 Å². The number of methoxy groups -OCH3 is 1. The van der Waals surface area contributed by atoms with Crippen molar-refractivity contribution in [2.24, 2.45) is 27.8 Å². The number of ether oxygens (including phenoxy) is 1. The largest absolute Gasteiger partial charge is 0.495 e. The van der Waals surface area contributed by atoms with Crippen LogP contribution in [-0.2, 0) is 4.79 Å². The van der Waals surface area contributed by atoms with E-state index in [1.807, 2.05) is 13.8 Å². The molecule has 2 amide bonds. The zero-order valence-corrected chi connectivity index (χ0v) is 21.5. The van der Waals surface area contributed by atoms with Crippen LogP contribution in [-0.4, -0.2) is 54.4 Å². The van der Waals surface area contributed by atoms with Gasteiger partial charge in [-0.15, -0.1) is 0 Å². The molecule has 1 aliphatic carbocycles. The Morgan fingerprint density at radius 3 is 2.73 bits per heavy atom. The summed E-state index contributed by atoms with van der Waals surface area (Å²) in [6.45, 7) is 4.40. The maximum atomic E-state index is 13.3. The van der Waals surface area contributed by atoms with Gasteiger partial charge in [0.25, 0.3) is 5.91 Å². The highest BCUT2D eigenvalue weighted by Gasteiger charge is 2.43. The van der Waals surface area contributed by atoms with Gasteiger partial charge in [-0.05, 0) is 57.4 Å². The van der Waals surface area contributed by atoms with Gasteiger partial charge in [0.15, 0.2) is 5.82 Å². The molecule has 3 aliphatic heterocycles. The molecule has 0 spiro atoms. The van der Waals surface area contributed by atoms with Gasteiger partial charge in [-0.3, -0.25) is 9.59 Å². The lowest BCUT2D eigenvalue weighted by Crippen LogP contribution is -2.45. The van der Waals surface area contributed by atoms with Gasteiger partial charge in [0.05, 0.1) is 24.4 Å². The number of nitrogens with one attached hydrogen (secondary N) is 1. The fourth-order valence-corrected chi connectivity index (χ4v) is 5.40. The molecule has 37 heavy (non-hydrogen) atoms. The van der Waals surface area contributed by atoms with Crippen LogP contribution < -0.4 is 31.3 Å². The van der Waals surface area contributed by atoms with Gasteiger partial charge >= 0.3 is 0 Å². The van der Waals surface area contributed by atoms with Gasteiger partial charge in [0.1, 0.15) is 17.3 Å². The lowest BCUT2D eigenvalue weighted by molar-refractivity contribution is -0.125. The number of nitrogens with zero attached hydrogens (tertiary/aromatic N) is 5. The molecule has 2 atom stereocenters. The van der Waals surface area contributed by atoms with Crippen molar-refractivity contribution in [3.63, 3.8) is 0 Å². The van der Waals surface area contributed by atoms with E-state index in [1.165, 1.54) is 7.11 Å². The third kappa shape index (κ3) is 4.45. The monoisotopic (exact) mass is 504 g/mol. The summed E-state index contributed by atoms with van der Waals surface area (Å²) in [5.41, 5.74) is 14.0. The number of carbonyl (C=O) groups is 2. The second-order valence-corrected chi connectivity index (χ2v) is 10.5. The molecule has 0 saturated heterocycles. The molecule has 4 heterocycles. The summed E-state index contributed by atoms with van der Waals surface area (Å²) in [7, 11) is 3.27. The Balaban J connectivity index is 1.68. The number of amides is 2. The molecule has 6 rings (SSSR count). The van der Waals surface area contributed by atoms with E-state index in [1.54, 1.807) is 42.4 Å². The molecule has 1 saturated carbocycles. The van der Waals surface area contributed by atoms with Crippen LogP contribution in [0.15, 0.2) is 41.2 Å². The normalized spacial score (nSPS) is 24.5. The van der Waals surface area contributed by atoms with Gasteiger partial charge in [0, 0.05) is 36.8 Å². The lowest BCUT2D eigenvalue weighted by atomic mass is 9.90. The number of anilines is 4. The molecule has 11 nitrogen and oxygen atoms in total. The van der Waals surface area contributed by atoms with E-state index < -0.39 is 11.3 Å². The number of aromatic nitrogens is 2. The van der Waals surface area contributed by atoms with Crippen molar-refractivity contribution in [1.29, 1.82) is 0 Å². The molecule has 1 fully saturated rings. The molecular weight excluding hydrogens is 472 g/mol. The molecule has 5 N–H and O–H groups in total. The first-order chi connectivity index (χ1) is 17.6. The van der Waals surface area contributed by atoms with E-state index in [9.17, 15) is 9.59 Å². The number of aliphatic imine (C=N–C) groups is 1. The highest BCUT2D eigenvalue weighted by molar-refractivity contribution is 6.07. The van der Waals surface area contributed by atoms with E-state index in [-0.39, 0.29) is 23.7 Å². The molecule has 1 aromatic heterocycles. The van der Waals surface area contributed by atoms with E-state index in [2.05, 4.69) is 20.2 Å². The SMILES string of the molecule is COc1cc2ccc1Nc1ncc3c(n1)N(CC(C)(C)C(=O)N3C)C1CCC(C1)/C(N)=C/C(N)=NC2=O. The highest BCUT2D eigenvalue weighted by atomic mass is 16.5. The van der Waals surface area contributed by atoms with Crippen LogP contribution in [0, 0.1) is 11.3 Å². The second kappa shape index (κ2) is 9.06. The maximum Gasteiger partial charge on any atom is 0.279 e. The maximum absolute atomic E-state index is 13.3. The second-order valence-electron chi connectivity index (χ2n) is 10.5. The van der Waals surface area contributed by atoms with Crippen LogP contribution in [0.3, 0.4) is 0 Å². The predicted molar refractivity (Wildman–Crippen MR) is 142 cm³/mol. The summed E-state index contributed by atoms with van der Waals surface area (Å²) < 4.78 is 5.52. The minimum Gasteiger partial charge on any atom is -0.495 e. The summed E-state index contributed by atoms with van der Waals surface area (Å²) in [4.78, 5) is 43.4. The lowest BCUT2D eigenvalue weighted by Gasteiger charge is -2.34. The number of carbonyl (C=O) groups excluding carboxylic acids is 2. The standard InChI is InChI=1S/C26H32N8O3/c1-26(2)13-34-16-7-5-14(9-16)17(27)11-21(28)31-23(35)15-6-8-18(20(10-15)37-4)30-25-29-12-19(22(34)32-25)33(3)24(26)36/h6,8,10-12,14,16H,5,7,9,13,27H2,1-4H3,(H2,28,31,35)(H,29,30,32)/b17-11-. The van der Waals surface area contributed by atoms with Crippen LogP contribution in [0.5, 0.6) is 5.75 Å². The summed E-state index contributed by atoms with van der Waals surface area (Å²) >= 11 is 0. The van der Waals surface area contributed by atoms with Crippen molar-refractivity contribution < 1.29 is 14.3 Å². The molecule has 2 unspecified atom stereocenters. The van der Waals surface area contributed by atoms with Crippen LogP contribution in [0.4, 0.5) is 23.1 Å². The number of hydrogen-bond acceptors (Lipinski definition) is 9. The smallest absolute Gasteiger partial charge is 0.279 e. The minimum absolute atomic E-state index is 0.00238. The third-order valence-corrected chi connectivity index (χ3v) is 7.39. The average molecular weight is 505 g/mol. The van der Waals surface area contributed by atoms with E-state index in [0.29, 0.717) is 46.7 Å². The Kier molecular flexibility index (Phi) is 6.01. The quantitative estimate of drug-likeness (QED) is 0.532. The molecule has 194 valence electrons. The molecular formula is C26H32N8O3. The number of rotatable bonds is 1. The zero-order chi connectivity index (χ0) is 26.5. The first kappa shape index (κ1) is 24.5. The van der Waals surface area contributed by atoms with E-state index >= 15 is 0 Å². The number of amidine groups is 1. The predicted octanol–water partition coefficient (Wildman–Crippen LogP) is 2.56. The Hall–Kier alpha value is -4.15. The van der Waals surface area contributed by atoms with Crippen molar-refractivity contribution in [1.82, 2.24) is 9.97 Å². The number of hydrogen-bond donors (Lipinski definition) is 3. The number of allylic oxidation sites excluding steroid dienone is 1. The third-order valence-electron chi connectivity index (χ3n) is 7.39. The fourth-order valence-electron chi connectivity index (χ4n) is 5.40. The summed E-state index contributed by atoms with van der Waals surface area (Å²) in [5.74, 6) is 1.08. The number of benzene rings is 1. The number of fused-ring (bicyclic) bond motifs is 4. The Bertz CT molecular complexity index is 1340. The molecule has 1 aromatic carbocycles. The highest BCUT2D eigenvalue weighted by Crippen LogP contribution is 2.42. The molecule has 6 bridgehead atoms. The van der Waals surface area contributed by atoms with Crippen LogP contribution in [0.2, 0.25) is 0 Å². The molecule has 4 aliphatic rings. The van der Waals surface area contributed by atoms with Gasteiger partial charge in [0.2, 0.25) is 11.9 Å². The van der Waals surface area contributed by atoms with Crippen LogP contribution in [0.25, 0.3) is 0 Å². The molecule has 0 radical (unpaired) electrons. The first-order valence-electron chi connectivity index (χ1n) is 12.3. The van der Waals surface area contributed by atoms with Crippen molar-refractivity contribution in [2.45, 2.75) is 39.2 Å². The Morgan fingerprint density at radius 2 is 1.97 bits per heavy atom. The van der Waals surface area contributed by atoms with Crippen molar-refractivity contribution in [3.8, 4) is 5.75 Å². The van der Waals surface area contributed by atoms with Crippen LogP contribution >= 0.6 is 0 Å². The van der Waals surface area contributed by atoms with Crippen molar-refractivity contribution >= 4 is 40.8 Å². The molecule has 2 aromatic rings. The summed E-state index contributed by atoms with van der Waals surface area (Å²) in [6.07, 6.45) is 5.72. The van der Waals surface area contributed by atoms with Gasteiger partial charge in [-0.1, -0.05) is 0 Å². The van der Waals surface area contributed by atoms with Crippen molar-refractivity contribution in [2.75, 3.05) is 35.8 Å². The zero-order valence-electron chi connectivity index (χ0n) is 21.5. The average Bonchev–Trinajstić information content (AvgIpc) is 3.34. The van der Waals surface area contributed by atoms with Gasteiger partial charge < -0.3 is 31.3 Å². The first-order valence-corrected chi connectivity index (χ1v) is 12.3. The van der Waals surface area contributed by atoms with E-state index in [0.717, 1.165) is 19.3 Å². The van der Waals surface area contributed by atoms with Gasteiger partial charge in [-0.25, -0.2) is 4.98 Å². The van der Waals surface area contributed by atoms with E-state index in [4.69, 9.17) is 21.2 Å². The minimum atomic E-state index is -0.641. The number of nitrogens with two attached hydrogens (primary N) is 2. The Morgan fingerprint density at radius 1 is 1.19 bits per heavy atom. The summed E-state index contributed by atoms with van der Waals surface area (Å²) in [6, 6.07) is 5.01. The fraction of sp³-hybridized carbons (Fsp3) is 0.423. The summed E-state index contributed by atoms with van der Waals surface area (Å²) in [5, 5.41) is 3.21. The molecule has 11 heteroatoms. The topological polar surface area (TPSA) is 152 Å².